The summed E-state index contributed by atoms with van der Waals surface area (Å²) in [5.41, 5.74) is 6.02. The van der Waals surface area contributed by atoms with E-state index in [4.69, 9.17) is 5.73 Å². The Kier molecular flexibility index (Phi) is 5.55. The van der Waals surface area contributed by atoms with Crippen LogP contribution < -0.4 is 10.5 Å². The Morgan fingerprint density at radius 1 is 1.50 bits per heavy atom. The van der Waals surface area contributed by atoms with E-state index < -0.39 is 16.1 Å². The number of nitrogens with one attached hydrogen (secondary N) is 1. The number of carbonyl (C=O) groups is 1. The van der Waals surface area contributed by atoms with Crippen LogP contribution >= 0.6 is 15.9 Å². The van der Waals surface area contributed by atoms with Gasteiger partial charge < -0.3 is 10.6 Å². The average Bonchev–Trinajstić information content (AvgIpc) is 2.35. The molecule has 1 amide bonds. The van der Waals surface area contributed by atoms with E-state index in [1.54, 1.807) is 7.05 Å². The summed E-state index contributed by atoms with van der Waals surface area (Å²) in [6.07, 6.45) is 0. The second-order valence-electron chi connectivity index (χ2n) is 4.39. The number of hydrogen-bond acceptors (Lipinski definition) is 4. The Morgan fingerprint density at radius 2 is 2.10 bits per heavy atom. The van der Waals surface area contributed by atoms with Gasteiger partial charge in [0.05, 0.1) is 10.9 Å². The maximum Gasteiger partial charge on any atom is 0.242 e. The van der Waals surface area contributed by atoms with Crippen LogP contribution in [0.25, 0.3) is 0 Å². The van der Waals surface area contributed by atoms with Gasteiger partial charge in [-0.3, -0.25) is 4.79 Å². The Morgan fingerprint density at radius 3 is 2.60 bits per heavy atom. The maximum atomic E-state index is 12.2. The normalized spacial score (nSPS) is 13.0. The number of nitrogens with two attached hydrogens (primary N) is 1. The van der Waals surface area contributed by atoms with Crippen LogP contribution in [0.15, 0.2) is 27.6 Å². The van der Waals surface area contributed by atoms with Crippen LogP contribution in [-0.2, 0) is 14.8 Å². The summed E-state index contributed by atoms with van der Waals surface area (Å²) >= 11 is 3.16. The Labute approximate surface area is 127 Å². The number of benzene rings is 1. The molecule has 6 nitrogen and oxygen atoms in total. The summed E-state index contributed by atoms with van der Waals surface area (Å²) in [5.74, 6) is -0.289. The summed E-state index contributed by atoms with van der Waals surface area (Å²) in [6, 6.07) is 3.54. The fourth-order valence-electron chi connectivity index (χ4n) is 1.57. The van der Waals surface area contributed by atoms with E-state index >= 15 is 0 Å². The zero-order valence-electron chi connectivity index (χ0n) is 11.6. The van der Waals surface area contributed by atoms with E-state index in [9.17, 15) is 13.2 Å². The number of sulfonamides is 1. The van der Waals surface area contributed by atoms with Crippen molar-refractivity contribution < 1.29 is 13.2 Å². The Bertz CT molecular complexity index is 604. The number of carbonyl (C=O) groups excluding carboxylic acids is 1. The number of anilines is 1. The number of hydrogen-bond donors (Lipinski definition) is 2. The van der Waals surface area contributed by atoms with Crippen molar-refractivity contribution in [3.63, 3.8) is 0 Å². The number of nitrogens with zero attached hydrogens (tertiary/aromatic N) is 1. The molecule has 1 atom stereocenters. The fraction of sp³-hybridized carbons (Fsp3) is 0.417. The summed E-state index contributed by atoms with van der Waals surface area (Å²) in [7, 11) is -2.18. The van der Waals surface area contributed by atoms with Gasteiger partial charge in [0, 0.05) is 23.8 Å². The minimum atomic E-state index is -3.79. The van der Waals surface area contributed by atoms with E-state index in [0.717, 1.165) is 0 Å². The Balaban J connectivity index is 2.98. The van der Waals surface area contributed by atoms with Crippen LogP contribution in [0.2, 0.25) is 0 Å². The zero-order chi connectivity index (χ0) is 15.5. The molecule has 0 aliphatic heterocycles. The third-order valence-electron chi connectivity index (χ3n) is 2.80. The zero-order valence-corrected chi connectivity index (χ0v) is 14.0. The minimum Gasteiger partial charge on any atom is -0.399 e. The lowest BCUT2D eigenvalue weighted by atomic mass is 10.3. The molecule has 0 bridgehead atoms. The Hall–Kier alpha value is -1.12. The predicted molar refractivity (Wildman–Crippen MR) is 81.6 cm³/mol. The van der Waals surface area contributed by atoms with Gasteiger partial charge in [-0.2, -0.15) is 4.72 Å². The van der Waals surface area contributed by atoms with Crippen molar-refractivity contribution in [3.05, 3.63) is 22.7 Å². The first-order valence-corrected chi connectivity index (χ1v) is 8.29. The minimum absolute atomic E-state index is 0.0468. The van der Waals surface area contributed by atoms with Gasteiger partial charge in [-0.25, -0.2) is 8.42 Å². The molecule has 1 aromatic carbocycles. The third kappa shape index (κ3) is 3.94. The number of likely N-dealkylation sites (N-methyl/N-ethyl adjacent to an activating group) is 1. The smallest absolute Gasteiger partial charge is 0.242 e. The highest BCUT2D eigenvalue weighted by molar-refractivity contribution is 9.10. The molecule has 0 aliphatic carbocycles. The van der Waals surface area contributed by atoms with E-state index in [1.807, 2.05) is 6.92 Å². The van der Waals surface area contributed by atoms with Gasteiger partial charge in [0.1, 0.15) is 0 Å². The average molecular weight is 364 g/mol. The molecule has 112 valence electrons. The molecule has 1 unspecified atom stereocenters. The largest absolute Gasteiger partial charge is 0.399 e. The molecule has 0 radical (unpaired) electrons. The standard InChI is InChI=1S/C12H18BrN3O3S/c1-4-16(3)12(17)8(2)15-20(18,19)11-6-5-9(14)7-10(11)13/h5-8,15H,4,14H2,1-3H3. The van der Waals surface area contributed by atoms with Gasteiger partial charge in [0.2, 0.25) is 15.9 Å². The highest BCUT2D eigenvalue weighted by Crippen LogP contribution is 2.24. The van der Waals surface area contributed by atoms with Crippen LogP contribution in [0.4, 0.5) is 5.69 Å². The number of nitrogen functional groups attached to an aromatic ring is 1. The monoisotopic (exact) mass is 363 g/mol. The van der Waals surface area contributed by atoms with Gasteiger partial charge in [-0.05, 0) is 48.0 Å². The predicted octanol–water partition coefficient (Wildman–Crippen LogP) is 1.18. The maximum absolute atomic E-state index is 12.2. The second kappa shape index (κ2) is 6.55. The number of rotatable bonds is 5. The highest BCUT2D eigenvalue weighted by Gasteiger charge is 2.25. The first-order chi connectivity index (χ1) is 9.19. The van der Waals surface area contributed by atoms with Gasteiger partial charge in [-0.15, -0.1) is 0 Å². The second-order valence-corrected chi connectivity index (χ2v) is 6.92. The molecule has 3 N–H and O–H groups in total. The fourth-order valence-corrected chi connectivity index (χ4v) is 3.86. The summed E-state index contributed by atoms with van der Waals surface area (Å²) in [5, 5.41) is 0. The molecule has 0 heterocycles. The molecule has 1 rings (SSSR count). The number of amides is 1. The summed E-state index contributed by atoms with van der Waals surface area (Å²) in [4.78, 5) is 13.4. The molecule has 0 saturated carbocycles. The van der Waals surface area contributed by atoms with Crippen molar-refractivity contribution >= 4 is 37.5 Å². The molecule has 1 aromatic rings. The van der Waals surface area contributed by atoms with Crippen LogP contribution in [0.1, 0.15) is 13.8 Å². The SMILES string of the molecule is CCN(C)C(=O)C(C)NS(=O)(=O)c1ccc(N)cc1Br. The molecule has 0 fully saturated rings. The lowest BCUT2D eigenvalue weighted by Gasteiger charge is -2.20. The van der Waals surface area contributed by atoms with Gasteiger partial charge in [0.15, 0.2) is 0 Å². The molecule has 8 heteroatoms. The lowest BCUT2D eigenvalue weighted by Crippen LogP contribution is -2.45. The molecule has 20 heavy (non-hydrogen) atoms. The third-order valence-corrected chi connectivity index (χ3v) is 5.32. The van der Waals surface area contributed by atoms with Gasteiger partial charge in [-0.1, -0.05) is 0 Å². The van der Waals surface area contributed by atoms with E-state index in [1.165, 1.54) is 30.0 Å². The van der Waals surface area contributed by atoms with Crippen LogP contribution in [0.5, 0.6) is 0 Å². The molecule has 0 aromatic heterocycles. The van der Waals surface area contributed by atoms with Crippen LogP contribution in [0.3, 0.4) is 0 Å². The van der Waals surface area contributed by atoms with Crippen molar-refractivity contribution in [2.45, 2.75) is 24.8 Å². The first kappa shape index (κ1) is 16.9. The first-order valence-electron chi connectivity index (χ1n) is 6.01. The summed E-state index contributed by atoms with van der Waals surface area (Å²) in [6.45, 7) is 3.84. The van der Waals surface area contributed by atoms with E-state index in [2.05, 4.69) is 20.7 Å². The van der Waals surface area contributed by atoms with E-state index in [-0.39, 0.29) is 10.8 Å². The van der Waals surface area contributed by atoms with Gasteiger partial charge in [0.25, 0.3) is 0 Å². The molecule has 0 aliphatic rings. The quantitative estimate of drug-likeness (QED) is 0.768. The molecule has 0 spiro atoms. The highest BCUT2D eigenvalue weighted by atomic mass is 79.9. The van der Waals surface area contributed by atoms with Crippen molar-refractivity contribution in [1.82, 2.24) is 9.62 Å². The topological polar surface area (TPSA) is 92.5 Å². The van der Waals surface area contributed by atoms with E-state index in [0.29, 0.717) is 16.7 Å². The van der Waals surface area contributed by atoms with Crippen molar-refractivity contribution in [2.75, 3.05) is 19.3 Å². The lowest BCUT2D eigenvalue weighted by molar-refractivity contribution is -0.131. The van der Waals surface area contributed by atoms with Crippen molar-refractivity contribution in [3.8, 4) is 0 Å². The summed E-state index contributed by atoms with van der Waals surface area (Å²) < 4.78 is 27.2. The van der Waals surface area contributed by atoms with Crippen molar-refractivity contribution in [2.24, 2.45) is 0 Å². The van der Waals surface area contributed by atoms with Crippen molar-refractivity contribution in [1.29, 1.82) is 0 Å². The molecular weight excluding hydrogens is 346 g/mol. The van der Waals surface area contributed by atoms with Crippen LogP contribution in [0, 0.1) is 0 Å². The molecule has 0 saturated heterocycles. The van der Waals surface area contributed by atoms with Gasteiger partial charge >= 0.3 is 0 Å². The number of halogens is 1. The van der Waals surface area contributed by atoms with Crippen LogP contribution in [-0.4, -0.2) is 38.9 Å². The molecular formula is C12H18BrN3O3S.